The molecule has 4 amide bonds. The van der Waals surface area contributed by atoms with Gasteiger partial charge in [0, 0.05) is 5.54 Å². The van der Waals surface area contributed by atoms with Crippen LogP contribution in [0.5, 0.6) is 0 Å². The molecule has 2 saturated carbocycles. The van der Waals surface area contributed by atoms with Gasteiger partial charge < -0.3 is 10.6 Å². The molecule has 128 valence electrons. The highest BCUT2D eigenvalue weighted by molar-refractivity contribution is 6.09. The molecule has 0 radical (unpaired) electrons. The number of nitrogens with zero attached hydrogens (tertiary/aromatic N) is 1. The number of hydrogen-bond donors (Lipinski definition) is 2. The molecule has 2 aliphatic carbocycles. The zero-order chi connectivity index (χ0) is 16.7. The SMILES string of the molecule is CC1CCCCC12NC(=O)N(CC(=O)NC1(C)CCCC1)C2=O. The summed E-state index contributed by atoms with van der Waals surface area (Å²) in [6, 6.07) is -0.421. The van der Waals surface area contributed by atoms with Crippen molar-refractivity contribution in [1.29, 1.82) is 0 Å². The van der Waals surface area contributed by atoms with Gasteiger partial charge in [-0.3, -0.25) is 14.5 Å². The molecule has 6 nitrogen and oxygen atoms in total. The predicted octanol–water partition coefficient (Wildman–Crippen LogP) is 1.94. The number of amides is 4. The molecule has 2 N–H and O–H groups in total. The van der Waals surface area contributed by atoms with Crippen molar-refractivity contribution >= 4 is 17.8 Å². The Morgan fingerprint density at radius 2 is 1.87 bits per heavy atom. The Hall–Kier alpha value is -1.59. The summed E-state index contributed by atoms with van der Waals surface area (Å²) in [7, 11) is 0. The van der Waals surface area contributed by atoms with Gasteiger partial charge in [-0.1, -0.05) is 32.6 Å². The number of nitrogens with one attached hydrogen (secondary N) is 2. The average Bonchev–Trinajstić information content (AvgIpc) is 3.00. The minimum absolute atomic E-state index is 0.119. The number of carbonyl (C=O) groups is 3. The van der Waals surface area contributed by atoms with Gasteiger partial charge in [0.25, 0.3) is 5.91 Å². The fourth-order valence-electron chi connectivity index (χ4n) is 4.44. The second-order valence-corrected chi connectivity index (χ2v) is 7.76. The first-order valence-electron chi connectivity index (χ1n) is 8.81. The van der Waals surface area contributed by atoms with Crippen LogP contribution in [0.15, 0.2) is 0 Å². The highest BCUT2D eigenvalue weighted by Crippen LogP contribution is 2.38. The van der Waals surface area contributed by atoms with Crippen LogP contribution in [0.25, 0.3) is 0 Å². The zero-order valence-electron chi connectivity index (χ0n) is 14.1. The number of imide groups is 1. The number of hydrogen-bond acceptors (Lipinski definition) is 3. The minimum Gasteiger partial charge on any atom is -0.349 e. The van der Waals surface area contributed by atoms with Crippen LogP contribution in [0.4, 0.5) is 4.79 Å². The molecule has 0 aromatic rings. The summed E-state index contributed by atoms with van der Waals surface area (Å²) in [5, 5.41) is 5.90. The fraction of sp³-hybridized carbons (Fsp3) is 0.824. The molecule has 2 atom stereocenters. The molecular weight excluding hydrogens is 294 g/mol. The number of urea groups is 1. The van der Waals surface area contributed by atoms with Crippen molar-refractivity contribution < 1.29 is 14.4 Å². The van der Waals surface area contributed by atoms with Crippen LogP contribution in [0.1, 0.15) is 65.2 Å². The summed E-state index contributed by atoms with van der Waals surface area (Å²) in [4.78, 5) is 38.5. The average molecular weight is 321 g/mol. The van der Waals surface area contributed by atoms with Crippen LogP contribution in [-0.2, 0) is 9.59 Å². The largest absolute Gasteiger partial charge is 0.349 e. The van der Waals surface area contributed by atoms with Gasteiger partial charge in [0.2, 0.25) is 5.91 Å². The van der Waals surface area contributed by atoms with E-state index in [2.05, 4.69) is 10.6 Å². The van der Waals surface area contributed by atoms with Gasteiger partial charge in [0.1, 0.15) is 12.1 Å². The van der Waals surface area contributed by atoms with Crippen molar-refractivity contribution in [3.8, 4) is 0 Å². The highest BCUT2D eigenvalue weighted by atomic mass is 16.2. The normalized spacial score (nSPS) is 33.1. The van der Waals surface area contributed by atoms with E-state index in [0.717, 1.165) is 49.8 Å². The van der Waals surface area contributed by atoms with Crippen molar-refractivity contribution in [3.05, 3.63) is 0 Å². The van der Waals surface area contributed by atoms with E-state index in [1.165, 1.54) is 0 Å². The van der Waals surface area contributed by atoms with Gasteiger partial charge in [-0.15, -0.1) is 0 Å². The third-order valence-corrected chi connectivity index (χ3v) is 5.95. The van der Waals surface area contributed by atoms with Crippen molar-refractivity contribution in [1.82, 2.24) is 15.5 Å². The standard InChI is InChI=1S/C17H27N3O3/c1-12-7-3-4-10-17(12)14(22)20(15(23)19-17)11-13(21)18-16(2)8-5-6-9-16/h12H,3-11H2,1-2H3,(H,18,21)(H,19,23). The van der Waals surface area contributed by atoms with E-state index in [9.17, 15) is 14.4 Å². The van der Waals surface area contributed by atoms with Crippen molar-refractivity contribution in [2.24, 2.45) is 5.92 Å². The van der Waals surface area contributed by atoms with Gasteiger partial charge in [0.05, 0.1) is 0 Å². The van der Waals surface area contributed by atoms with Crippen LogP contribution in [0.3, 0.4) is 0 Å². The van der Waals surface area contributed by atoms with E-state index in [4.69, 9.17) is 0 Å². The molecule has 3 rings (SSSR count). The van der Waals surface area contributed by atoms with Crippen LogP contribution >= 0.6 is 0 Å². The van der Waals surface area contributed by atoms with Gasteiger partial charge in [-0.2, -0.15) is 0 Å². The molecule has 0 bridgehead atoms. The first kappa shape index (κ1) is 16.3. The molecule has 2 unspecified atom stereocenters. The summed E-state index contributed by atoms with van der Waals surface area (Å²) < 4.78 is 0. The minimum atomic E-state index is -0.785. The maximum atomic E-state index is 12.8. The molecule has 0 aromatic carbocycles. The van der Waals surface area contributed by atoms with E-state index in [1.807, 2.05) is 13.8 Å². The molecule has 1 aliphatic heterocycles. The van der Waals surface area contributed by atoms with Crippen LogP contribution in [0.2, 0.25) is 0 Å². The second kappa shape index (κ2) is 5.80. The second-order valence-electron chi connectivity index (χ2n) is 7.76. The van der Waals surface area contributed by atoms with Gasteiger partial charge in [0.15, 0.2) is 0 Å². The van der Waals surface area contributed by atoms with E-state index >= 15 is 0 Å². The Balaban J connectivity index is 1.67. The Morgan fingerprint density at radius 1 is 1.22 bits per heavy atom. The molecule has 3 fully saturated rings. The lowest BCUT2D eigenvalue weighted by molar-refractivity contribution is -0.137. The first-order chi connectivity index (χ1) is 10.9. The van der Waals surface area contributed by atoms with Gasteiger partial charge in [-0.25, -0.2) is 4.79 Å². The predicted molar refractivity (Wildman–Crippen MR) is 85.6 cm³/mol. The maximum absolute atomic E-state index is 12.8. The lowest BCUT2D eigenvalue weighted by Gasteiger charge is -2.36. The summed E-state index contributed by atoms with van der Waals surface area (Å²) >= 11 is 0. The van der Waals surface area contributed by atoms with Gasteiger partial charge >= 0.3 is 6.03 Å². The molecular formula is C17H27N3O3. The molecule has 1 saturated heterocycles. The van der Waals surface area contributed by atoms with E-state index in [0.29, 0.717) is 6.42 Å². The summed E-state index contributed by atoms with van der Waals surface area (Å²) in [5.74, 6) is -0.340. The smallest absolute Gasteiger partial charge is 0.325 e. The topological polar surface area (TPSA) is 78.5 Å². The Bertz CT molecular complexity index is 527. The number of carbonyl (C=O) groups excluding carboxylic acids is 3. The molecule has 23 heavy (non-hydrogen) atoms. The van der Waals surface area contributed by atoms with Crippen molar-refractivity contribution in [2.75, 3.05) is 6.54 Å². The maximum Gasteiger partial charge on any atom is 0.325 e. The monoisotopic (exact) mass is 321 g/mol. The summed E-state index contributed by atoms with van der Waals surface area (Å²) in [6.07, 6.45) is 7.78. The first-order valence-corrected chi connectivity index (χ1v) is 8.81. The quantitative estimate of drug-likeness (QED) is 0.780. The summed E-state index contributed by atoms with van der Waals surface area (Å²) in [5.41, 5.74) is -0.973. The molecule has 1 spiro atoms. The molecule has 6 heteroatoms. The Kier molecular flexibility index (Phi) is 4.10. The van der Waals surface area contributed by atoms with Crippen LogP contribution in [-0.4, -0.2) is 40.4 Å². The lowest BCUT2D eigenvalue weighted by atomic mass is 9.73. The van der Waals surface area contributed by atoms with Crippen molar-refractivity contribution in [2.45, 2.75) is 76.3 Å². The van der Waals surface area contributed by atoms with Crippen LogP contribution in [0, 0.1) is 5.92 Å². The molecule has 1 heterocycles. The van der Waals surface area contributed by atoms with E-state index in [1.54, 1.807) is 0 Å². The molecule has 0 aromatic heterocycles. The van der Waals surface area contributed by atoms with E-state index < -0.39 is 11.6 Å². The zero-order valence-corrected chi connectivity index (χ0v) is 14.1. The van der Waals surface area contributed by atoms with E-state index in [-0.39, 0.29) is 29.8 Å². The highest BCUT2D eigenvalue weighted by Gasteiger charge is 2.55. The van der Waals surface area contributed by atoms with Crippen LogP contribution < -0.4 is 10.6 Å². The van der Waals surface area contributed by atoms with Gasteiger partial charge in [-0.05, 0) is 38.5 Å². The summed E-state index contributed by atoms with van der Waals surface area (Å²) in [6.45, 7) is 3.88. The Labute approximate surface area is 137 Å². The third-order valence-electron chi connectivity index (χ3n) is 5.95. The lowest BCUT2D eigenvalue weighted by Crippen LogP contribution is -2.54. The molecule has 3 aliphatic rings. The number of rotatable bonds is 3. The van der Waals surface area contributed by atoms with Crippen molar-refractivity contribution in [3.63, 3.8) is 0 Å². The fourth-order valence-corrected chi connectivity index (χ4v) is 4.44. The Morgan fingerprint density at radius 3 is 2.52 bits per heavy atom. The third kappa shape index (κ3) is 2.83.